The summed E-state index contributed by atoms with van der Waals surface area (Å²) in [5, 5.41) is 9.04. The van der Waals surface area contributed by atoms with Crippen LogP contribution in [-0.4, -0.2) is 51.3 Å². The minimum Gasteiger partial charge on any atom is -0.383 e. The van der Waals surface area contributed by atoms with Gasteiger partial charge in [-0.05, 0) is 19.8 Å². The van der Waals surface area contributed by atoms with Crippen LogP contribution in [0.1, 0.15) is 19.8 Å². The number of carbonyl (C=O) groups is 1. The van der Waals surface area contributed by atoms with E-state index in [-0.39, 0.29) is 12.5 Å². The topological polar surface area (TPSA) is 74.8 Å². The van der Waals surface area contributed by atoms with Crippen LogP contribution in [0.15, 0.2) is 4.99 Å². The molecule has 0 aromatic carbocycles. The Balaban J connectivity index is 2.24. The van der Waals surface area contributed by atoms with E-state index in [1.807, 2.05) is 6.92 Å². The molecule has 1 aliphatic carbocycles. The van der Waals surface area contributed by atoms with Gasteiger partial charge in [0.2, 0.25) is 5.91 Å². The Hall–Kier alpha value is -1.30. The Morgan fingerprint density at radius 1 is 1.41 bits per heavy atom. The number of guanidine groups is 1. The summed E-state index contributed by atoms with van der Waals surface area (Å²) in [6.07, 6.45) is 2.20. The number of nitrogens with zero attached hydrogens (tertiary/aromatic N) is 1. The molecule has 0 spiro atoms. The molecule has 1 rings (SSSR count). The molecule has 1 amide bonds. The second-order valence-electron chi connectivity index (χ2n) is 3.96. The average molecular weight is 242 g/mol. The summed E-state index contributed by atoms with van der Waals surface area (Å²) in [5.41, 5.74) is 0. The van der Waals surface area contributed by atoms with Crippen LogP contribution < -0.4 is 16.0 Å². The highest BCUT2D eigenvalue weighted by Crippen LogP contribution is 2.18. The van der Waals surface area contributed by atoms with Crippen molar-refractivity contribution in [2.45, 2.75) is 25.8 Å². The van der Waals surface area contributed by atoms with E-state index in [9.17, 15) is 4.79 Å². The Morgan fingerprint density at radius 3 is 2.76 bits per heavy atom. The van der Waals surface area contributed by atoms with Crippen molar-refractivity contribution in [3.63, 3.8) is 0 Å². The quantitative estimate of drug-likeness (QED) is 0.319. The van der Waals surface area contributed by atoms with Gasteiger partial charge in [-0.2, -0.15) is 0 Å². The van der Waals surface area contributed by atoms with Gasteiger partial charge >= 0.3 is 0 Å². The highest BCUT2D eigenvalue weighted by molar-refractivity contribution is 5.85. The van der Waals surface area contributed by atoms with Crippen molar-refractivity contribution >= 4 is 11.9 Å². The first-order valence-electron chi connectivity index (χ1n) is 6.06. The van der Waals surface area contributed by atoms with Crippen LogP contribution in [-0.2, 0) is 9.53 Å². The van der Waals surface area contributed by atoms with Gasteiger partial charge in [0, 0.05) is 26.2 Å². The summed E-state index contributed by atoms with van der Waals surface area (Å²) < 4.78 is 4.93. The molecule has 6 nitrogen and oxygen atoms in total. The van der Waals surface area contributed by atoms with E-state index in [0.29, 0.717) is 25.2 Å². The normalized spacial score (nSPS) is 15.5. The zero-order valence-corrected chi connectivity index (χ0v) is 10.6. The van der Waals surface area contributed by atoms with Crippen molar-refractivity contribution in [3.05, 3.63) is 0 Å². The molecule has 0 heterocycles. The molecule has 0 aromatic heterocycles. The fraction of sp³-hybridized carbons (Fsp3) is 0.818. The maximum atomic E-state index is 11.4. The molecule has 1 saturated carbocycles. The molecule has 1 aliphatic rings. The molecule has 0 bridgehead atoms. The number of amides is 1. The van der Waals surface area contributed by atoms with Crippen molar-refractivity contribution in [2.75, 3.05) is 33.4 Å². The third kappa shape index (κ3) is 6.78. The lowest BCUT2D eigenvalue weighted by atomic mass is 10.5. The summed E-state index contributed by atoms with van der Waals surface area (Å²) in [7, 11) is 1.65. The smallest absolute Gasteiger partial charge is 0.242 e. The zero-order valence-electron chi connectivity index (χ0n) is 10.6. The number of ether oxygens (including phenoxy) is 1. The molecule has 0 atom stereocenters. The van der Waals surface area contributed by atoms with Crippen molar-refractivity contribution in [1.29, 1.82) is 0 Å². The number of nitrogens with one attached hydrogen (secondary N) is 3. The lowest BCUT2D eigenvalue weighted by molar-refractivity contribution is -0.119. The molecular weight excluding hydrogens is 220 g/mol. The van der Waals surface area contributed by atoms with E-state index in [4.69, 9.17) is 4.74 Å². The van der Waals surface area contributed by atoms with Crippen LogP contribution in [0.4, 0.5) is 0 Å². The second kappa shape index (κ2) is 7.89. The van der Waals surface area contributed by atoms with E-state index in [2.05, 4.69) is 20.9 Å². The standard InChI is InChI=1S/C11H22N4O2/c1-3-12-11(13-6-7-17-2)14-8-10(16)15-9-4-5-9/h9H,3-8H2,1-2H3,(H,15,16)(H2,12,13,14). The van der Waals surface area contributed by atoms with E-state index >= 15 is 0 Å². The number of carbonyl (C=O) groups excluding carboxylic acids is 1. The number of methoxy groups -OCH3 is 1. The second-order valence-corrected chi connectivity index (χ2v) is 3.96. The summed E-state index contributed by atoms with van der Waals surface area (Å²) in [4.78, 5) is 15.6. The molecule has 98 valence electrons. The third-order valence-corrected chi connectivity index (χ3v) is 2.27. The molecule has 6 heteroatoms. The van der Waals surface area contributed by atoms with Crippen molar-refractivity contribution in [2.24, 2.45) is 4.99 Å². The summed E-state index contributed by atoms with van der Waals surface area (Å²) in [5.74, 6) is 0.631. The molecule has 3 N–H and O–H groups in total. The predicted molar refractivity (Wildman–Crippen MR) is 67.0 cm³/mol. The number of aliphatic imine (C=N–C) groups is 1. The van der Waals surface area contributed by atoms with Gasteiger partial charge in [0.1, 0.15) is 6.54 Å². The number of rotatable bonds is 7. The van der Waals surface area contributed by atoms with Gasteiger partial charge in [-0.3, -0.25) is 4.79 Å². The van der Waals surface area contributed by atoms with E-state index in [1.54, 1.807) is 7.11 Å². The van der Waals surface area contributed by atoms with Gasteiger partial charge < -0.3 is 20.7 Å². The first-order chi connectivity index (χ1) is 8.26. The SMILES string of the molecule is CCNC(=NCC(=O)NC1CC1)NCCOC. The summed E-state index contributed by atoms with van der Waals surface area (Å²) in [6, 6.07) is 0.390. The van der Waals surface area contributed by atoms with Gasteiger partial charge in [-0.25, -0.2) is 4.99 Å². The first kappa shape index (κ1) is 13.8. The monoisotopic (exact) mass is 242 g/mol. The fourth-order valence-corrected chi connectivity index (χ4v) is 1.27. The van der Waals surface area contributed by atoms with Crippen LogP contribution in [0.2, 0.25) is 0 Å². The first-order valence-corrected chi connectivity index (χ1v) is 6.06. The van der Waals surface area contributed by atoms with Crippen molar-refractivity contribution < 1.29 is 9.53 Å². The molecule has 1 fully saturated rings. The molecule has 0 aromatic rings. The Kier molecular flexibility index (Phi) is 6.39. The molecular formula is C11H22N4O2. The summed E-state index contributed by atoms with van der Waals surface area (Å²) >= 11 is 0. The third-order valence-electron chi connectivity index (χ3n) is 2.27. The van der Waals surface area contributed by atoms with E-state index < -0.39 is 0 Å². The van der Waals surface area contributed by atoms with Crippen molar-refractivity contribution in [1.82, 2.24) is 16.0 Å². The van der Waals surface area contributed by atoms with E-state index in [0.717, 1.165) is 19.4 Å². The van der Waals surface area contributed by atoms with Crippen LogP contribution in [0.3, 0.4) is 0 Å². The molecule has 0 unspecified atom stereocenters. The van der Waals surface area contributed by atoms with Gasteiger partial charge in [0.15, 0.2) is 5.96 Å². The average Bonchev–Trinajstić information content (AvgIpc) is 3.10. The van der Waals surface area contributed by atoms with Crippen LogP contribution in [0.25, 0.3) is 0 Å². The Morgan fingerprint density at radius 2 is 2.18 bits per heavy atom. The van der Waals surface area contributed by atoms with Gasteiger partial charge in [0.25, 0.3) is 0 Å². The predicted octanol–water partition coefficient (Wildman–Crippen LogP) is -0.533. The fourth-order valence-electron chi connectivity index (χ4n) is 1.27. The lowest BCUT2D eigenvalue weighted by Gasteiger charge is -2.10. The number of hydrogen-bond acceptors (Lipinski definition) is 3. The van der Waals surface area contributed by atoms with E-state index in [1.165, 1.54) is 0 Å². The minimum absolute atomic E-state index is 0.0172. The maximum Gasteiger partial charge on any atom is 0.242 e. The van der Waals surface area contributed by atoms with Gasteiger partial charge in [-0.15, -0.1) is 0 Å². The zero-order chi connectivity index (χ0) is 12.5. The van der Waals surface area contributed by atoms with Crippen molar-refractivity contribution in [3.8, 4) is 0 Å². The molecule has 17 heavy (non-hydrogen) atoms. The molecule has 0 aliphatic heterocycles. The Bertz CT molecular complexity index is 264. The van der Waals surface area contributed by atoms with Crippen LogP contribution in [0, 0.1) is 0 Å². The van der Waals surface area contributed by atoms with Gasteiger partial charge in [-0.1, -0.05) is 0 Å². The molecule has 0 saturated heterocycles. The minimum atomic E-state index is -0.0172. The Labute approximate surface area is 102 Å². The van der Waals surface area contributed by atoms with Crippen LogP contribution in [0.5, 0.6) is 0 Å². The highest BCUT2D eigenvalue weighted by atomic mass is 16.5. The van der Waals surface area contributed by atoms with Crippen LogP contribution >= 0.6 is 0 Å². The largest absolute Gasteiger partial charge is 0.383 e. The highest BCUT2D eigenvalue weighted by Gasteiger charge is 2.22. The van der Waals surface area contributed by atoms with Gasteiger partial charge in [0.05, 0.1) is 6.61 Å². The molecule has 0 radical (unpaired) electrons. The number of hydrogen-bond donors (Lipinski definition) is 3. The summed E-state index contributed by atoms with van der Waals surface area (Å²) in [6.45, 7) is 4.20. The maximum absolute atomic E-state index is 11.4. The lowest BCUT2D eigenvalue weighted by Crippen LogP contribution is -2.40.